The van der Waals surface area contributed by atoms with E-state index < -0.39 is 6.10 Å². The third kappa shape index (κ3) is 4.07. The predicted octanol–water partition coefficient (Wildman–Crippen LogP) is 2.68. The summed E-state index contributed by atoms with van der Waals surface area (Å²) in [6.45, 7) is 1.58. The average molecular weight is 333 g/mol. The molecule has 1 saturated heterocycles. The highest BCUT2D eigenvalue weighted by Gasteiger charge is 2.28. The first kappa shape index (κ1) is 15.9. The number of carbonyl (C=O) groups excluding carboxylic acids is 1. The number of hydrogen-bond donors (Lipinski definition) is 0. The standard InChI is InChI=1S/C17H17ClN2O3/c18-13-4-6-15(7-5-13)20(11-14-3-1-2-8-19-14)17(21)16-12-22-9-10-23-16/h1-8,16H,9-12H2. The number of pyridine rings is 1. The molecule has 3 rings (SSSR count). The summed E-state index contributed by atoms with van der Waals surface area (Å²) >= 11 is 5.94. The van der Waals surface area contributed by atoms with Gasteiger partial charge in [0.15, 0.2) is 6.10 Å². The fourth-order valence-electron chi connectivity index (χ4n) is 2.38. The number of carbonyl (C=O) groups is 1. The van der Waals surface area contributed by atoms with Crippen LogP contribution in [0.15, 0.2) is 48.7 Å². The van der Waals surface area contributed by atoms with Crippen molar-refractivity contribution in [2.24, 2.45) is 0 Å². The van der Waals surface area contributed by atoms with E-state index in [9.17, 15) is 4.79 Å². The van der Waals surface area contributed by atoms with Gasteiger partial charge in [-0.15, -0.1) is 0 Å². The summed E-state index contributed by atoms with van der Waals surface area (Å²) in [7, 11) is 0. The SMILES string of the molecule is O=C(C1COCCO1)N(Cc1ccccn1)c1ccc(Cl)cc1. The molecule has 120 valence electrons. The Labute approximate surface area is 139 Å². The zero-order valence-electron chi connectivity index (χ0n) is 12.5. The van der Waals surface area contributed by atoms with E-state index in [0.29, 0.717) is 24.8 Å². The molecule has 6 heteroatoms. The Kier molecular flexibility index (Phi) is 5.23. The van der Waals surface area contributed by atoms with Crippen molar-refractivity contribution in [2.75, 3.05) is 24.7 Å². The van der Waals surface area contributed by atoms with Gasteiger partial charge in [0.2, 0.25) is 0 Å². The summed E-state index contributed by atoms with van der Waals surface area (Å²) in [5.74, 6) is -0.141. The fraction of sp³-hybridized carbons (Fsp3) is 0.294. The third-order valence-electron chi connectivity index (χ3n) is 3.54. The van der Waals surface area contributed by atoms with Crippen molar-refractivity contribution in [1.29, 1.82) is 0 Å². The van der Waals surface area contributed by atoms with Crippen molar-refractivity contribution in [3.05, 3.63) is 59.4 Å². The number of hydrogen-bond acceptors (Lipinski definition) is 4. The second kappa shape index (κ2) is 7.55. The topological polar surface area (TPSA) is 51.7 Å². The van der Waals surface area contributed by atoms with Gasteiger partial charge in [-0.25, -0.2) is 0 Å². The molecule has 1 aromatic heterocycles. The highest BCUT2D eigenvalue weighted by atomic mass is 35.5. The number of aromatic nitrogens is 1. The van der Waals surface area contributed by atoms with E-state index in [4.69, 9.17) is 21.1 Å². The molecule has 0 bridgehead atoms. The van der Waals surface area contributed by atoms with Gasteiger partial charge in [-0.05, 0) is 36.4 Å². The molecule has 1 atom stereocenters. The molecule has 0 aliphatic carbocycles. The Bertz CT molecular complexity index is 643. The van der Waals surface area contributed by atoms with Gasteiger partial charge in [0.1, 0.15) is 0 Å². The molecule has 0 radical (unpaired) electrons. The number of ether oxygens (including phenoxy) is 2. The van der Waals surface area contributed by atoms with Crippen LogP contribution in [0.2, 0.25) is 5.02 Å². The third-order valence-corrected chi connectivity index (χ3v) is 3.79. The maximum atomic E-state index is 12.8. The van der Waals surface area contributed by atoms with Crippen molar-refractivity contribution >= 4 is 23.2 Å². The lowest BCUT2D eigenvalue weighted by Gasteiger charge is -2.29. The van der Waals surface area contributed by atoms with E-state index in [0.717, 1.165) is 11.4 Å². The second-order valence-corrected chi connectivity index (χ2v) is 5.59. The van der Waals surface area contributed by atoms with Gasteiger partial charge in [-0.3, -0.25) is 9.78 Å². The molecule has 1 aromatic carbocycles. The van der Waals surface area contributed by atoms with Crippen LogP contribution in [0.25, 0.3) is 0 Å². The van der Waals surface area contributed by atoms with E-state index in [1.165, 1.54) is 0 Å². The van der Waals surface area contributed by atoms with Crippen molar-refractivity contribution < 1.29 is 14.3 Å². The first-order chi connectivity index (χ1) is 11.2. The number of halogens is 1. The molecule has 1 unspecified atom stereocenters. The number of amides is 1. The molecule has 2 heterocycles. The number of nitrogens with zero attached hydrogens (tertiary/aromatic N) is 2. The molecule has 1 aliphatic rings. The molecular formula is C17H17ClN2O3. The second-order valence-electron chi connectivity index (χ2n) is 5.16. The zero-order valence-corrected chi connectivity index (χ0v) is 13.3. The molecule has 0 saturated carbocycles. The van der Waals surface area contributed by atoms with Crippen LogP contribution in [0.1, 0.15) is 5.69 Å². The molecule has 1 aliphatic heterocycles. The first-order valence-corrected chi connectivity index (χ1v) is 7.78. The maximum absolute atomic E-state index is 12.8. The van der Waals surface area contributed by atoms with Crippen LogP contribution in [0.3, 0.4) is 0 Å². The minimum Gasteiger partial charge on any atom is -0.376 e. The van der Waals surface area contributed by atoms with Gasteiger partial charge < -0.3 is 14.4 Å². The lowest BCUT2D eigenvalue weighted by Crippen LogP contribution is -2.45. The van der Waals surface area contributed by atoms with Gasteiger partial charge in [0.25, 0.3) is 5.91 Å². The van der Waals surface area contributed by atoms with Crippen LogP contribution in [0, 0.1) is 0 Å². The Morgan fingerprint density at radius 3 is 2.70 bits per heavy atom. The van der Waals surface area contributed by atoms with Crippen LogP contribution in [0.5, 0.6) is 0 Å². The molecule has 23 heavy (non-hydrogen) atoms. The Morgan fingerprint density at radius 2 is 2.04 bits per heavy atom. The van der Waals surface area contributed by atoms with E-state index >= 15 is 0 Å². The Balaban J connectivity index is 1.85. The van der Waals surface area contributed by atoms with Gasteiger partial charge in [0, 0.05) is 16.9 Å². The lowest BCUT2D eigenvalue weighted by molar-refractivity contribution is -0.145. The summed E-state index contributed by atoms with van der Waals surface area (Å²) in [5.41, 5.74) is 1.55. The van der Waals surface area contributed by atoms with Crippen LogP contribution >= 0.6 is 11.6 Å². The largest absolute Gasteiger partial charge is 0.376 e. The summed E-state index contributed by atoms with van der Waals surface area (Å²) in [5, 5.41) is 0.622. The van der Waals surface area contributed by atoms with Gasteiger partial charge in [-0.2, -0.15) is 0 Å². The summed E-state index contributed by atoms with van der Waals surface area (Å²) in [4.78, 5) is 18.8. The Morgan fingerprint density at radius 1 is 1.22 bits per heavy atom. The first-order valence-electron chi connectivity index (χ1n) is 7.40. The zero-order chi connectivity index (χ0) is 16.1. The maximum Gasteiger partial charge on any atom is 0.258 e. The smallest absolute Gasteiger partial charge is 0.258 e. The van der Waals surface area contributed by atoms with Gasteiger partial charge >= 0.3 is 0 Å². The highest BCUT2D eigenvalue weighted by molar-refractivity contribution is 6.30. The monoisotopic (exact) mass is 332 g/mol. The quantitative estimate of drug-likeness (QED) is 0.863. The fourth-order valence-corrected chi connectivity index (χ4v) is 2.50. The van der Waals surface area contributed by atoms with Gasteiger partial charge in [0.05, 0.1) is 32.1 Å². The summed E-state index contributed by atoms with van der Waals surface area (Å²) in [6.07, 6.45) is 1.11. The van der Waals surface area contributed by atoms with Crippen molar-refractivity contribution in [1.82, 2.24) is 4.98 Å². The highest BCUT2D eigenvalue weighted by Crippen LogP contribution is 2.22. The molecule has 2 aromatic rings. The summed E-state index contributed by atoms with van der Waals surface area (Å²) in [6, 6.07) is 12.8. The van der Waals surface area contributed by atoms with Crippen molar-refractivity contribution in [3.8, 4) is 0 Å². The van der Waals surface area contributed by atoms with Crippen LogP contribution in [0.4, 0.5) is 5.69 Å². The molecule has 5 nitrogen and oxygen atoms in total. The molecule has 0 spiro atoms. The van der Waals surface area contributed by atoms with E-state index in [1.807, 2.05) is 30.3 Å². The molecule has 1 amide bonds. The van der Waals surface area contributed by atoms with Crippen molar-refractivity contribution in [3.63, 3.8) is 0 Å². The minimum atomic E-state index is -0.594. The average Bonchev–Trinajstić information content (AvgIpc) is 2.62. The summed E-state index contributed by atoms with van der Waals surface area (Å²) < 4.78 is 10.9. The van der Waals surface area contributed by atoms with E-state index in [1.54, 1.807) is 23.2 Å². The number of benzene rings is 1. The van der Waals surface area contributed by atoms with Crippen molar-refractivity contribution in [2.45, 2.75) is 12.6 Å². The lowest BCUT2D eigenvalue weighted by atomic mass is 10.2. The van der Waals surface area contributed by atoms with Crippen LogP contribution in [-0.2, 0) is 20.8 Å². The normalized spacial score (nSPS) is 17.7. The van der Waals surface area contributed by atoms with E-state index in [2.05, 4.69) is 4.98 Å². The number of rotatable bonds is 4. The Hall–Kier alpha value is -1.95. The molecule has 1 fully saturated rings. The number of anilines is 1. The van der Waals surface area contributed by atoms with Crippen LogP contribution in [-0.4, -0.2) is 36.8 Å². The van der Waals surface area contributed by atoms with E-state index in [-0.39, 0.29) is 12.5 Å². The molecule has 0 N–H and O–H groups in total. The molecular weight excluding hydrogens is 316 g/mol. The van der Waals surface area contributed by atoms with Crippen LogP contribution < -0.4 is 4.90 Å². The van der Waals surface area contributed by atoms with Gasteiger partial charge in [-0.1, -0.05) is 17.7 Å². The predicted molar refractivity (Wildman–Crippen MR) is 87.4 cm³/mol. The minimum absolute atomic E-state index is 0.141.